The molecule has 0 bridgehead atoms. The molecule has 2 aromatic carbocycles. The predicted octanol–water partition coefficient (Wildman–Crippen LogP) is 3.71. The molecule has 106 valence electrons. The number of benzene rings is 2. The van der Waals surface area contributed by atoms with Gasteiger partial charge in [-0.2, -0.15) is 0 Å². The second kappa shape index (κ2) is 5.25. The lowest BCUT2D eigenvalue weighted by atomic mass is 9.86. The van der Waals surface area contributed by atoms with E-state index in [4.69, 9.17) is 4.74 Å². The molecule has 0 aliphatic rings. The number of rotatable bonds is 3. The first-order valence-corrected chi connectivity index (χ1v) is 6.51. The van der Waals surface area contributed by atoms with Crippen molar-refractivity contribution >= 4 is 0 Å². The molecule has 2 rings (SSSR count). The third-order valence-corrected chi connectivity index (χ3v) is 3.78. The molecule has 0 heterocycles. The molecule has 0 saturated carbocycles. The third-order valence-electron chi connectivity index (χ3n) is 3.78. The van der Waals surface area contributed by atoms with Gasteiger partial charge >= 0.3 is 0 Å². The molecule has 0 aliphatic carbocycles. The molecule has 0 saturated heterocycles. The molecule has 0 amide bonds. The van der Waals surface area contributed by atoms with E-state index in [0.717, 1.165) is 11.1 Å². The van der Waals surface area contributed by atoms with Gasteiger partial charge in [-0.3, -0.25) is 0 Å². The van der Waals surface area contributed by atoms with E-state index in [1.807, 2.05) is 32.0 Å². The Balaban J connectivity index is 2.57. The summed E-state index contributed by atoms with van der Waals surface area (Å²) in [5, 5.41) is 10.8. The van der Waals surface area contributed by atoms with Gasteiger partial charge in [0.05, 0.1) is 7.11 Å². The van der Waals surface area contributed by atoms with Gasteiger partial charge in [0.15, 0.2) is 11.6 Å². The monoisotopic (exact) mass is 274 g/mol. The number of methoxy groups -OCH3 is 1. The minimum Gasteiger partial charge on any atom is -0.494 e. The van der Waals surface area contributed by atoms with Crippen LogP contribution in [0.25, 0.3) is 0 Å². The van der Waals surface area contributed by atoms with Crippen LogP contribution in [-0.4, -0.2) is 12.2 Å². The summed E-state index contributed by atoms with van der Waals surface area (Å²) in [6.07, 6.45) is 0. The topological polar surface area (TPSA) is 29.5 Å². The largest absolute Gasteiger partial charge is 0.494 e. The van der Waals surface area contributed by atoms with E-state index >= 15 is 0 Å². The first-order valence-electron chi connectivity index (χ1n) is 6.51. The molecule has 0 spiro atoms. The van der Waals surface area contributed by atoms with Gasteiger partial charge in [0.1, 0.15) is 5.60 Å². The lowest BCUT2D eigenvalue weighted by Crippen LogP contribution is -2.24. The number of halogens is 1. The smallest absolute Gasteiger partial charge is 0.171 e. The quantitative estimate of drug-likeness (QED) is 0.924. The number of aliphatic hydroxyl groups is 1. The van der Waals surface area contributed by atoms with Gasteiger partial charge < -0.3 is 9.84 Å². The highest BCUT2D eigenvalue weighted by atomic mass is 19.1. The summed E-state index contributed by atoms with van der Waals surface area (Å²) < 4.78 is 19.3. The SMILES string of the molecule is COc1cccc(C(C)(O)c2ccc(C)c(C)c2)c1F. The Morgan fingerprint density at radius 2 is 1.80 bits per heavy atom. The van der Waals surface area contributed by atoms with Crippen molar-refractivity contribution in [2.75, 3.05) is 7.11 Å². The summed E-state index contributed by atoms with van der Waals surface area (Å²) in [5.74, 6) is -0.398. The van der Waals surface area contributed by atoms with Gasteiger partial charge in [-0.1, -0.05) is 30.3 Å². The standard InChI is InChI=1S/C17H19FO2/c1-11-8-9-13(10-12(11)2)17(3,19)14-6-5-7-15(20-4)16(14)18/h5-10,19H,1-4H3. The fraction of sp³-hybridized carbons (Fsp3) is 0.294. The molecule has 0 aliphatic heterocycles. The summed E-state index contributed by atoms with van der Waals surface area (Å²) >= 11 is 0. The lowest BCUT2D eigenvalue weighted by Gasteiger charge is -2.26. The normalized spacial score (nSPS) is 13.9. The van der Waals surface area contributed by atoms with E-state index < -0.39 is 11.4 Å². The maximum Gasteiger partial charge on any atom is 0.171 e. The average molecular weight is 274 g/mol. The summed E-state index contributed by atoms with van der Waals surface area (Å²) in [7, 11) is 1.41. The average Bonchev–Trinajstić information content (AvgIpc) is 2.41. The minimum absolute atomic E-state index is 0.131. The highest BCUT2D eigenvalue weighted by Gasteiger charge is 2.30. The van der Waals surface area contributed by atoms with Crippen LogP contribution in [0.4, 0.5) is 4.39 Å². The van der Waals surface area contributed by atoms with Crippen molar-refractivity contribution < 1.29 is 14.2 Å². The van der Waals surface area contributed by atoms with Crippen molar-refractivity contribution in [2.24, 2.45) is 0 Å². The number of hydrogen-bond acceptors (Lipinski definition) is 2. The van der Waals surface area contributed by atoms with E-state index in [1.54, 1.807) is 19.1 Å². The molecule has 0 aromatic heterocycles. The number of aryl methyl sites for hydroxylation is 2. The highest BCUT2D eigenvalue weighted by Crippen LogP contribution is 2.34. The Morgan fingerprint density at radius 1 is 1.10 bits per heavy atom. The van der Waals surface area contributed by atoms with Crippen LogP contribution < -0.4 is 4.74 Å². The third kappa shape index (κ3) is 2.41. The Morgan fingerprint density at radius 3 is 2.40 bits per heavy atom. The molecule has 0 radical (unpaired) electrons. The lowest BCUT2D eigenvalue weighted by molar-refractivity contribution is 0.0971. The van der Waals surface area contributed by atoms with E-state index in [1.165, 1.54) is 13.2 Å². The van der Waals surface area contributed by atoms with Gasteiger partial charge in [-0.05, 0) is 43.5 Å². The Hall–Kier alpha value is -1.87. The molecule has 3 heteroatoms. The molecule has 1 unspecified atom stereocenters. The molecule has 1 N–H and O–H groups in total. The second-order valence-corrected chi connectivity index (χ2v) is 5.19. The molecule has 1 atom stereocenters. The van der Waals surface area contributed by atoms with Crippen LogP contribution in [0.5, 0.6) is 5.75 Å². The first-order chi connectivity index (χ1) is 9.37. The number of ether oxygens (including phenoxy) is 1. The Labute approximate surface area is 118 Å². The maximum atomic E-state index is 14.3. The summed E-state index contributed by atoms with van der Waals surface area (Å²) in [5.41, 5.74) is 1.66. The van der Waals surface area contributed by atoms with Crippen molar-refractivity contribution in [2.45, 2.75) is 26.4 Å². The molecular formula is C17H19FO2. The van der Waals surface area contributed by atoms with Crippen molar-refractivity contribution in [3.05, 3.63) is 64.5 Å². The van der Waals surface area contributed by atoms with Crippen LogP contribution in [0.15, 0.2) is 36.4 Å². The van der Waals surface area contributed by atoms with Crippen LogP contribution in [0.1, 0.15) is 29.2 Å². The molecule has 20 heavy (non-hydrogen) atoms. The maximum absolute atomic E-state index is 14.3. The molecule has 0 fully saturated rings. The molecule has 2 nitrogen and oxygen atoms in total. The van der Waals surface area contributed by atoms with Crippen LogP contribution in [0, 0.1) is 19.7 Å². The fourth-order valence-corrected chi connectivity index (χ4v) is 2.24. The van der Waals surface area contributed by atoms with Crippen LogP contribution in [-0.2, 0) is 5.60 Å². The predicted molar refractivity (Wildman–Crippen MR) is 77.5 cm³/mol. The summed E-state index contributed by atoms with van der Waals surface area (Å²) in [4.78, 5) is 0. The van der Waals surface area contributed by atoms with Gasteiger partial charge in [0.2, 0.25) is 0 Å². The van der Waals surface area contributed by atoms with Crippen molar-refractivity contribution in [3.8, 4) is 5.75 Å². The van der Waals surface area contributed by atoms with Gasteiger partial charge in [0, 0.05) is 5.56 Å². The van der Waals surface area contributed by atoms with E-state index in [0.29, 0.717) is 5.56 Å². The van der Waals surface area contributed by atoms with Crippen molar-refractivity contribution in [3.63, 3.8) is 0 Å². The van der Waals surface area contributed by atoms with Gasteiger partial charge in [0.25, 0.3) is 0 Å². The summed E-state index contributed by atoms with van der Waals surface area (Å²) in [6.45, 7) is 5.56. The molecule has 2 aromatic rings. The van der Waals surface area contributed by atoms with E-state index in [2.05, 4.69) is 0 Å². The highest BCUT2D eigenvalue weighted by molar-refractivity contribution is 5.43. The minimum atomic E-state index is -1.41. The van der Waals surface area contributed by atoms with Crippen LogP contribution >= 0.6 is 0 Å². The zero-order valence-electron chi connectivity index (χ0n) is 12.2. The Bertz CT molecular complexity index is 633. The zero-order valence-corrected chi connectivity index (χ0v) is 12.2. The van der Waals surface area contributed by atoms with Crippen LogP contribution in [0.2, 0.25) is 0 Å². The molecular weight excluding hydrogens is 255 g/mol. The van der Waals surface area contributed by atoms with E-state index in [-0.39, 0.29) is 11.3 Å². The zero-order chi connectivity index (χ0) is 14.9. The Kier molecular flexibility index (Phi) is 3.82. The van der Waals surface area contributed by atoms with Gasteiger partial charge in [-0.25, -0.2) is 4.39 Å². The van der Waals surface area contributed by atoms with Crippen molar-refractivity contribution in [1.29, 1.82) is 0 Å². The summed E-state index contributed by atoms with van der Waals surface area (Å²) in [6, 6.07) is 10.4. The van der Waals surface area contributed by atoms with E-state index in [9.17, 15) is 9.50 Å². The fourth-order valence-electron chi connectivity index (χ4n) is 2.24. The van der Waals surface area contributed by atoms with Crippen LogP contribution in [0.3, 0.4) is 0 Å². The number of hydrogen-bond donors (Lipinski definition) is 1. The van der Waals surface area contributed by atoms with Crippen molar-refractivity contribution in [1.82, 2.24) is 0 Å². The second-order valence-electron chi connectivity index (χ2n) is 5.19. The van der Waals surface area contributed by atoms with Gasteiger partial charge in [-0.15, -0.1) is 0 Å². The first kappa shape index (κ1) is 14.5.